The first-order valence-corrected chi connectivity index (χ1v) is 8.10. The SMILES string of the molecule is CC(C)(C)c1nnsc1C(NN)C1CCCCCC1. The fourth-order valence-corrected chi connectivity index (χ4v) is 4.01. The van der Waals surface area contributed by atoms with E-state index in [2.05, 4.69) is 35.8 Å². The van der Waals surface area contributed by atoms with Crippen LogP contribution in [0.25, 0.3) is 0 Å². The Labute approximate surface area is 120 Å². The van der Waals surface area contributed by atoms with Crippen LogP contribution in [0.2, 0.25) is 0 Å². The molecule has 1 aliphatic rings. The maximum Gasteiger partial charge on any atom is 0.0857 e. The van der Waals surface area contributed by atoms with Crippen LogP contribution in [0.4, 0.5) is 0 Å². The highest BCUT2D eigenvalue weighted by Gasteiger charge is 2.31. The zero-order chi connectivity index (χ0) is 13.9. The lowest BCUT2D eigenvalue weighted by Gasteiger charge is -2.27. The normalized spacial score (nSPS) is 20.2. The molecule has 0 aromatic carbocycles. The summed E-state index contributed by atoms with van der Waals surface area (Å²) < 4.78 is 4.17. The van der Waals surface area contributed by atoms with E-state index in [1.807, 2.05) is 0 Å². The zero-order valence-corrected chi connectivity index (χ0v) is 13.1. The molecule has 0 radical (unpaired) electrons. The Morgan fingerprint density at radius 1 is 1.21 bits per heavy atom. The van der Waals surface area contributed by atoms with E-state index in [0.717, 1.165) is 5.69 Å². The van der Waals surface area contributed by atoms with E-state index in [4.69, 9.17) is 5.84 Å². The van der Waals surface area contributed by atoms with Gasteiger partial charge in [0, 0.05) is 5.41 Å². The van der Waals surface area contributed by atoms with Gasteiger partial charge in [-0.15, -0.1) is 5.10 Å². The van der Waals surface area contributed by atoms with Crippen molar-refractivity contribution in [2.75, 3.05) is 0 Å². The van der Waals surface area contributed by atoms with E-state index in [-0.39, 0.29) is 11.5 Å². The molecule has 0 aliphatic heterocycles. The Balaban J connectivity index is 2.24. The van der Waals surface area contributed by atoms with Crippen LogP contribution in [0.15, 0.2) is 0 Å². The number of hydrazine groups is 1. The quantitative estimate of drug-likeness (QED) is 0.507. The number of rotatable bonds is 3. The largest absolute Gasteiger partial charge is 0.271 e. The van der Waals surface area contributed by atoms with Gasteiger partial charge < -0.3 is 0 Å². The molecule has 1 aliphatic carbocycles. The van der Waals surface area contributed by atoms with Gasteiger partial charge in [0.15, 0.2) is 0 Å². The number of nitrogens with one attached hydrogen (secondary N) is 1. The van der Waals surface area contributed by atoms with E-state index in [1.54, 1.807) is 0 Å². The van der Waals surface area contributed by atoms with Crippen molar-refractivity contribution in [1.29, 1.82) is 0 Å². The zero-order valence-electron chi connectivity index (χ0n) is 12.3. The van der Waals surface area contributed by atoms with Crippen molar-refractivity contribution in [1.82, 2.24) is 15.0 Å². The molecule has 0 amide bonds. The molecule has 108 valence electrons. The number of hydrogen-bond acceptors (Lipinski definition) is 5. The maximum absolute atomic E-state index is 5.86. The lowest BCUT2D eigenvalue weighted by molar-refractivity contribution is 0.328. The van der Waals surface area contributed by atoms with Crippen LogP contribution in [0, 0.1) is 5.92 Å². The minimum atomic E-state index is 0.0299. The number of hydrogen-bond donors (Lipinski definition) is 2. The predicted molar refractivity (Wildman–Crippen MR) is 79.9 cm³/mol. The summed E-state index contributed by atoms with van der Waals surface area (Å²) >= 11 is 1.51. The summed E-state index contributed by atoms with van der Waals surface area (Å²) in [7, 11) is 0. The summed E-state index contributed by atoms with van der Waals surface area (Å²) in [5.74, 6) is 6.48. The minimum absolute atomic E-state index is 0.0299. The molecule has 0 saturated heterocycles. The van der Waals surface area contributed by atoms with E-state index >= 15 is 0 Å². The molecule has 19 heavy (non-hydrogen) atoms. The van der Waals surface area contributed by atoms with Crippen molar-refractivity contribution >= 4 is 11.5 Å². The molecule has 1 fully saturated rings. The first-order valence-electron chi connectivity index (χ1n) is 7.33. The summed E-state index contributed by atoms with van der Waals surface area (Å²) in [4.78, 5) is 1.24. The lowest BCUT2D eigenvalue weighted by Crippen LogP contribution is -2.34. The molecule has 5 heteroatoms. The standard InChI is InChI=1S/C14H26N4S/c1-14(2,3)13-12(19-18-17-13)11(16-15)10-8-6-4-5-7-9-10/h10-11,16H,4-9,15H2,1-3H3. The Hall–Kier alpha value is -0.520. The van der Waals surface area contributed by atoms with Crippen LogP contribution in [0.3, 0.4) is 0 Å². The molecule has 0 spiro atoms. The van der Waals surface area contributed by atoms with Crippen LogP contribution >= 0.6 is 11.5 Å². The van der Waals surface area contributed by atoms with Crippen LogP contribution < -0.4 is 11.3 Å². The molecule has 2 rings (SSSR count). The van der Waals surface area contributed by atoms with Crippen molar-refractivity contribution in [2.24, 2.45) is 11.8 Å². The Kier molecular flexibility index (Phi) is 4.92. The third-order valence-corrected chi connectivity index (χ3v) is 4.86. The van der Waals surface area contributed by atoms with Gasteiger partial charge in [0.05, 0.1) is 16.6 Å². The minimum Gasteiger partial charge on any atom is -0.271 e. The smallest absolute Gasteiger partial charge is 0.0857 e. The summed E-state index contributed by atoms with van der Waals surface area (Å²) in [6.45, 7) is 6.57. The molecule has 3 N–H and O–H groups in total. The molecule has 1 heterocycles. The van der Waals surface area contributed by atoms with E-state index in [1.165, 1.54) is 54.9 Å². The molecule has 0 bridgehead atoms. The maximum atomic E-state index is 5.86. The van der Waals surface area contributed by atoms with Crippen LogP contribution in [-0.4, -0.2) is 9.59 Å². The van der Waals surface area contributed by atoms with E-state index in [9.17, 15) is 0 Å². The molecule has 1 saturated carbocycles. The second-order valence-corrected chi connectivity index (χ2v) is 7.42. The predicted octanol–water partition coefficient (Wildman–Crippen LogP) is 3.31. The first-order chi connectivity index (χ1) is 9.04. The molecule has 1 unspecified atom stereocenters. The van der Waals surface area contributed by atoms with E-state index in [0.29, 0.717) is 5.92 Å². The van der Waals surface area contributed by atoms with Gasteiger partial charge in [0.25, 0.3) is 0 Å². The molecule has 1 aromatic rings. The second kappa shape index (κ2) is 6.29. The van der Waals surface area contributed by atoms with Gasteiger partial charge >= 0.3 is 0 Å². The summed E-state index contributed by atoms with van der Waals surface area (Å²) in [5.41, 5.74) is 4.18. The van der Waals surface area contributed by atoms with Crippen LogP contribution in [-0.2, 0) is 5.41 Å². The fourth-order valence-electron chi connectivity index (χ4n) is 2.99. The van der Waals surface area contributed by atoms with Crippen molar-refractivity contribution in [2.45, 2.75) is 70.8 Å². The van der Waals surface area contributed by atoms with Crippen molar-refractivity contribution in [3.63, 3.8) is 0 Å². The van der Waals surface area contributed by atoms with Crippen molar-refractivity contribution < 1.29 is 0 Å². The highest BCUT2D eigenvalue weighted by molar-refractivity contribution is 7.05. The summed E-state index contributed by atoms with van der Waals surface area (Å²) in [6.07, 6.45) is 7.88. The lowest BCUT2D eigenvalue weighted by atomic mass is 9.85. The Morgan fingerprint density at radius 3 is 2.37 bits per heavy atom. The third kappa shape index (κ3) is 3.52. The average Bonchev–Trinajstić information content (AvgIpc) is 2.68. The van der Waals surface area contributed by atoms with Gasteiger partial charge in [-0.2, -0.15) is 0 Å². The van der Waals surface area contributed by atoms with Crippen molar-refractivity contribution in [3.8, 4) is 0 Å². The van der Waals surface area contributed by atoms with E-state index < -0.39 is 0 Å². The van der Waals surface area contributed by atoms with Gasteiger partial charge in [-0.05, 0) is 30.3 Å². The summed E-state index contributed by atoms with van der Waals surface area (Å²) in [5, 5.41) is 4.35. The van der Waals surface area contributed by atoms with Gasteiger partial charge in [0.1, 0.15) is 0 Å². The monoisotopic (exact) mass is 282 g/mol. The van der Waals surface area contributed by atoms with Crippen molar-refractivity contribution in [3.05, 3.63) is 10.6 Å². The van der Waals surface area contributed by atoms with Gasteiger partial charge in [-0.1, -0.05) is 50.9 Å². The fraction of sp³-hybridized carbons (Fsp3) is 0.857. The van der Waals surface area contributed by atoms with Gasteiger partial charge in [-0.25, -0.2) is 0 Å². The highest BCUT2D eigenvalue weighted by atomic mass is 32.1. The topological polar surface area (TPSA) is 63.8 Å². The average molecular weight is 282 g/mol. The Bertz CT molecular complexity index is 388. The number of nitrogens with two attached hydrogens (primary N) is 1. The van der Waals surface area contributed by atoms with Crippen LogP contribution in [0.5, 0.6) is 0 Å². The molecule has 4 nitrogen and oxygen atoms in total. The molecular weight excluding hydrogens is 256 g/mol. The van der Waals surface area contributed by atoms with Gasteiger partial charge in [0.2, 0.25) is 0 Å². The number of aromatic nitrogens is 2. The third-order valence-electron chi connectivity index (χ3n) is 4.06. The first kappa shape index (κ1) is 14.9. The molecule has 1 aromatic heterocycles. The highest BCUT2D eigenvalue weighted by Crippen LogP contribution is 2.38. The Morgan fingerprint density at radius 2 is 1.84 bits per heavy atom. The molecular formula is C14H26N4S. The second-order valence-electron chi connectivity index (χ2n) is 6.63. The summed E-state index contributed by atoms with van der Waals surface area (Å²) in [6, 6.07) is 0.215. The van der Waals surface area contributed by atoms with Crippen LogP contribution in [0.1, 0.15) is 75.9 Å². The van der Waals surface area contributed by atoms with Gasteiger partial charge in [-0.3, -0.25) is 11.3 Å². The molecule has 1 atom stereocenters. The number of nitrogens with zero attached hydrogens (tertiary/aromatic N) is 2.